The van der Waals surface area contributed by atoms with E-state index in [1.165, 1.54) is 11.1 Å². The average molecular weight is 206 g/mol. The molecule has 0 spiro atoms. The lowest BCUT2D eigenvalue weighted by molar-refractivity contribution is 1.00. The highest BCUT2D eigenvalue weighted by Gasteiger charge is 2.02. The van der Waals surface area contributed by atoms with Crippen LogP contribution in [0.3, 0.4) is 0 Å². The minimum atomic E-state index is 0. The van der Waals surface area contributed by atoms with Crippen molar-refractivity contribution in [1.82, 2.24) is 9.97 Å². The molecule has 0 aliphatic heterocycles. The third-order valence-electron chi connectivity index (χ3n) is 2.48. The van der Waals surface area contributed by atoms with Crippen molar-refractivity contribution < 1.29 is 1.43 Å². The molecule has 0 fully saturated rings. The summed E-state index contributed by atoms with van der Waals surface area (Å²) in [7, 11) is 0. The van der Waals surface area contributed by atoms with E-state index in [4.69, 9.17) is 0 Å². The number of hydrogen-bond acceptors (Lipinski definition) is 1. The van der Waals surface area contributed by atoms with Gasteiger partial charge in [0.2, 0.25) is 0 Å². The van der Waals surface area contributed by atoms with Crippen molar-refractivity contribution in [2.45, 2.75) is 41.0 Å². The summed E-state index contributed by atoms with van der Waals surface area (Å²) >= 11 is 0. The minimum Gasteiger partial charge on any atom is -0.342 e. The number of rotatable bonds is 1. The van der Waals surface area contributed by atoms with Gasteiger partial charge in [-0.15, -0.1) is 0 Å². The summed E-state index contributed by atoms with van der Waals surface area (Å²) in [6, 6.07) is 4.30. The molecule has 1 aromatic carbocycles. The third-order valence-corrected chi connectivity index (χ3v) is 2.48. The first-order valence-corrected chi connectivity index (χ1v) is 5.66. The Balaban J connectivity index is 0.000000711. The first kappa shape index (κ1) is 11.8. The molecule has 1 heterocycles. The minimum absolute atomic E-state index is 0. The van der Waals surface area contributed by atoms with E-state index >= 15 is 0 Å². The Bertz CT molecular complexity index is 407. The fourth-order valence-corrected chi connectivity index (χ4v) is 1.49. The lowest BCUT2D eigenvalue weighted by Crippen LogP contribution is -1.79. The second kappa shape index (κ2) is 4.96. The Morgan fingerprint density at radius 1 is 1.20 bits per heavy atom. The highest BCUT2D eigenvalue weighted by atomic mass is 14.9. The predicted octanol–water partition coefficient (Wildman–Crippen LogP) is 4.01. The van der Waals surface area contributed by atoms with E-state index in [9.17, 15) is 0 Å². The van der Waals surface area contributed by atoms with Crippen LogP contribution < -0.4 is 0 Å². The number of benzene rings is 1. The summed E-state index contributed by atoms with van der Waals surface area (Å²) in [5, 5.41) is 0. The number of fused-ring (bicyclic) bond motifs is 1. The van der Waals surface area contributed by atoms with Crippen molar-refractivity contribution >= 4 is 11.0 Å². The van der Waals surface area contributed by atoms with Crippen LogP contribution >= 0.6 is 0 Å². The van der Waals surface area contributed by atoms with Crippen LogP contribution in [0.15, 0.2) is 12.1 Å². The first-order chi connectivity index (χ1) is 7.20. The van der Waals surface area contributed by atoms with Crippen LogP contribution in [0.5, 0.6) is 0 Å². The van der Waals surface area contributed by atoms with E-state index in [1.54, 1.807) is 0 Å². The Morgan fingerprint density at radius 2 is 1.80 bits per heavy atom. The van der Waals surface area contributed by atoms with E-state index in [0.29, 0.717) is 0 Å². The van der Waals surface area contributed by atoms with Crippen molar-refractivity contribution in [2.24, 2.45) is 0 Å². The zero-order valence-electron chi connectivity index (χ0n) is 10.3. The lowest BCUT2D eigenvalue weighted by atomic mass is 10.1. The zero-order chi connectivity index (χ0) is 11.4. The summed E-state index contributed by atoms with van der Waals surface area (Å²) in [6.45, 7) is 10.4. The van der Waals surface area contributed by atoms with Gasteiger partial charge in [-0.1, -0.05) is 20.8 Å². The van der Waals surface area contributed by atoms with Gasteiger partial charge in [-0.25, -0.2) is 4.98 Å². The first-order valence-electron chi connectivity index (χ1n) is 5.66. The normalized spacial score (nSPS) is 9.93. The van der Waals surface area contributed by atoms with Crippen molar-refractivity contribution in [3.05, 3.63) is 29.1 Å². The molecule has 1 N–H and O–H groups in total. The van der Waals surface area contributed by atoms with E-state index in [1.807, 2.05) is 13.8 Å². The van der Waals surface area contributed by atoms with Crippen LogP contribution in [-0.4, -0.2) is 9.97 Å². The van der Waals surface area contributed by atoms with Crippen LogP contribution in [0, 0.1) is 13.8 Å². The van der Waals surface area contributed by atoms with E-state index in [2.05, 4.69) is 42.9 Å². The standard InChI is InChI=1S/C11H14N2.C2H6.H2/c1-4-11-12-9-5-7(2)8(3)6-10(9)13-11;1-2;/h5-6H,4H2,1-3H3,(H,12,13);1-2H3;1H. The number of imidazole rings is 1. The summed E-state index contributed by atoms with van der Waals surface area (Å²) < 4.78 is 0. The van der Waals surface area contributed by atoms with E-state index in [-0.39, 0.29) is 1.43 Å². The number of H-pyrrole nitrogens is 1. The largest absolute Gasteiger partial charge is 0.342 e. The molecule has 0 aliphatic carbocycles. The maximum absolute atomic E-state index is 4.48. The fourth-order valence-electron chi connectivity index (χ4n) is 1.49. The molecule has 0 saturated heterocycles. The monoisotopic (exact) mass is 206 g/mol. The molecule has 0 atom stereocenters. The molecular weight excluding hydrogens is 184 g/mol. The number of aromatic nitrogens is 2. The maximum atomic E-state index is 4.48. The van der Waals surface area contributed by atoms with Crippen LogP contribution in [0.1, 0.15) is 39.1 Å². The molecule has 15 heavy (non-hydrogen) atoms. The van der Waals surface area contributed by atoms with E-state index in [0.717, 1.165) is 23.3 Å². The van der Waals surface area contributed by atoms with Crippen LogP contribution in [0.2, 0.25) is 0 Å². The molecule has 1 aromatic heterocycles. The molecule has 0 saturated carbocycles. The number of aryl methyl sites for hydroxylation is 3. The Kier molecular flexibility index (Phi) is 3.89. The molecular formula is C13H22N2. The van der Waals surface area contributed by atoms with Crippen LogP contribution in [0.4, 0.5) is 0 Å². The van der Waals surface area contributed by atoms with Gasteiger partial charge in [0, 0.05) is 7.85 Å². The van der Waals surface area contributed by atoms with Crippen LogP contribution in [0.25, 0.3) is 11.0 Å². The second-order valence-corrected chi connectivity index (χ2v) is 3.49. The van der Waals surface area contributed by atoms with Gasteiger partial charge >= 0.3 is 0 Å². The van der Waals surface area contributed by atoms with Crippen molar-refractivity contribution in [2.75, 3.05) is 0 Å². The van der Waals surface area contributed by atoms with Crippen molar-refractivity contribution in [3.8, 4) is 0 Å². The quantitative estimate of drug-likeness (QED) is 0.750. The summed E-state index contributed by atoms with van der Waals surface area (Å²) in [6.07, 6.45) is 0.965. The van der Waals surface area contributed by atoms with Crippen molar-refractivity contribution in [1.29, 1.82) is 0 Å². The number of aromatic amines is 1. The second-order valence-electron chi connectivity index (χ2n) is 3.49. The summed E-state index contributed by atoms with van der Waals surface area (Å²) in [4.78, 5) is 7.78. The van der Waals surface area contributed by atoms with Crippen molar-refractivity contribution in [3.63, 3.8) is 0 Å². The molecule has 0 radical (unpaired) electrons. The topological polar surface area (TPSA) is 28.7 Å². The maximum Gasteiger partial charge on any atom is 0.106 e. The summed E-state index contributed by atoms with van der Waals surface area (Å²) in [5.74, 6) is 1.07. The molecule has 2 rings (SSSR count). The molecule has 2 aromatic rings. The highest BCUT2D eigenvalue weighted by molar-refractivity contribution is 5.77. The molecule has 84 valence electrons. The SMILES string of the molecule is CC.CCc1nc2cc(C)c(C)cc2[nH]1.[HH]. The fraction of sp³-hybridized carbons (Fsp3) is 0.462. The van der Waals surface area contributed by atoms with Gasteiger partial charge < -0.3 is 4.98 Å². The Morgan fingerprint density at radius 3 is 2.40 bits per heavy atom. The lowest BCUT2D eigenvalue weighted by Gasteiger charge is -1.97. The molecule has 0 unspecified atom stereocenters. The summed E-state index contributed by atoms with van der Waals surface area (Å²) in [5.41, 5.74) is 4.86. The average Bonchev–Trinajstić information content (AvgIpc) is 2.64. The molecule has 0 bridgehead atoms. The van der Waals surface area contributed by atoms with Crippen LogP contribution in [-0.2, 0) is 6.42 Å². The van der Waals surface area contributed by atoms with E-state index < -0.39 is 0 Å². The van der Waals surface area contributed by atoms with Gasteiger partial charge in [-0.3, -0.25) is 0 Å². The van der Waals surface area contributed by atoms with Gasteiger partial charge in [0.15, 0.2) is 0 Å². The predicted molar refractivity (Wildman–Crippen MR) is 68.4 cm³/mol. The Hall–Kier alpha value is -1.31. The molecule has 0 amide bonds. The smallest absolute Gasteiger partial charge is 0.106 e. The van der Waals surface area contributed by atoms with Gasteiger partial charge in [-0.05, 0) is 37.1 Å². The number of nitrogens with one attached hydrogen (secondary N) is 1. The van der Waals surface area contributed by atoms with Gasteiger partial charge in [0.25, 0.3) is 0 Å². The van der Waals surface area contributed by atoms with Gasteiger partial charge in [0.05, 0.1) is 11.0 Å². The van der Waals surface area contributed by atoms with Gasteiger partial charge in [0.1, 0.15) is 5.82 Å². The third kappa shape index (κ3) is 2.38. The number of hydrogen-bond donors (Lipinski definition) is 1. The molecule has 2 heteroatoms. The highest BCUT2D eigenvalue weighted by Crippen LogP contribution is 2.17. The molecule has 0 aliphatic rings. The zero-order valence-corrected chi connectivity index (χ0v) is 10.3. The Labute approximate surface area is 93.2 Å². The number of nitrogens with zero attached hydrogens (tertiary/aromatic N) is 1. The molecule has 2 nitrogen and oxygen atoms in total. The van der Waals surface area contributed by atoms with Gasteiger partial charge in [-0.2, -0.15) is 0 Å².